The van der Waals surface area contributed by atoms with E-state index in [4.69, 9.17) is 14.2 Å². The number of hydrogen-bond donors (Lipinski definition) is 0. The molecule has 0 aliphatic heterocycles. The fourth-order valence-electron chi connectivity index (χ4n) is 9.04. The molecular weight excluding hydrogens is 877 g/mol. The maximum Gasteiger partial charge on any atom is 0.306 e. The van der Waals surface area contributed by atoms with E-state index in [1.807, 2.05) is 0 Å². The summed E-state index contributed by atoms with van der Waals surface area (Å²) in [5.41, 5.74) is 0. The van der Waals surface area contributed by atoms with Gasteiger partial charge in [0.05, 0.1) is 0 Å². The fourth-order valence-corrected chi connectivity index (χ4v) is 9.04. The Bertz CT molecular complexity index is 1230. The van der Waals surface area contributed by atoms with Crippen molar-refractivity contribution in [1.82, 2.24) is 0 Å². The van der Waals surface area contributed by atoms with Crippen LogP contribution >= 0.6 is 0 Å². The Morgan fingerprint density at radius 3 is 0.831 bits per heavy atom. The standard InChI is InChI=1S/C65H118O6/c1-4-7-10-13-16-19-22-24-26-27-28-29-30-31-32-33-34-35-36-37-39-40-43-46-49-52-55-58-64(67)70-61-62(60-69-63(66)57-54-51-48-45-42-21-18-15-12-9-6-3)71-65(68)59-56-53-50-47-44-41-38-25-23-20-17-14-11-8-5-2/h15,18,22,24-25,27-28,38,62H,4-14,16-17,19-21,23,26,29-37,39-61H2,1-3H3/b18-15-,24-22-,28-27-,38-25-. The molecule has 0 bridgehead atoms. The summed E-state index contributed by atoms with van der Waals surface area (Å²) in [4.78, 5) is 38.1. The van der Waals surface area contributed by atoms with Gasteiger partial charge in [-0.05, 0) is 96.3 Å². The van der Waals surface area contributed by atoms with Crippen LogP contribution in [0, 0.1) is 0 Å². The van der Waals surface area contributed by atoms with Crippen molar-refractivity contribution in [3.8, 4) is 0 Å². The van der Waals surface area contributed by atoms with Crippen molar-refractivity contribution in [3.63, 3.8) is 0 Å². The zero-order valence-electron chi connectivity index (χ0n) is 47.5. The SMILES string of the molecule is CCCC/C=C\CCCCCCCC(=O)OCC(COC(=O)CCCCCCCCCCCCCCCCC/C=C\C/C=C\CCCCCCC)OC(=O)CCCCCCC/C=C\CCCCCCCC. The predicted octanol–water partition coefficient (Wildman–Crippen LogP) is 21.0. The van der Waals surface area contributed by atoms with Gasteiger partial charge in [-0.2, -0.15) is 0 Å². The Balaban J connectivity index is 4.19. The van der Waals surface area contributed by atoms with E-state index >= 15 is 0 Å². The molecule has 0 heterocycles. The number of esters is 3. The van der Waals surface area contributed by atoms with Crippen molar-refractivity contribution >= 4 is 17.9 Å². The second-order valence-electron chi connectivity index (χ2n) is 21.0. The molecule has 0 spiro atoms. The third-order valence-electron chi connectivity index (χ3n) is 13.8. The summed E-state index contributed by atoms with van der Waals surface area (Å²) in [7, 11) is 0. The minimum Gasteiger partial charge on any atom is -0.462 e. The smallest absolute Gasteiger partial charge is 0.306 e. The number of carbonyl (C=O) groups is 3. The molecule has 0 N–H and O–H groups in total. The molecular formula is C65H118O6. The van der Waals surface area contributed by atoms with Crippen LogP contribution in [0.25, 0.3) is 0 Å². The molecule has 0 amide bonds. The van der Waals surface area contributed by atoms with Crippen LogP contribution in [0.4, 0.5) is 0 Å². The van der Waals surface area contributed by atoms with Crippen molar-refractivity contribution < 1.29 is 28.6 Å². The fraction of sp³-hybridized carbons (Fsp3) is 0.831. The molecule has 0 aliphatic rings. The molecule has 0 aromatic rings. The van der Waals surface area contributed by atoms with Crippen molar-refractivity contribution in [2.45, 2.75) is 335 Å². The molecule has 71 heavy (non-hydrogen) atoms. The zero-order valence-corrected chi connectivity index (χ0v) is 47.5. The van der Waals surface area contributed by atoms with Gasteiger partial charge in [-0.3, -0.25) is 14.4 Å². The van der Waals surface area contributed by atoms with Gasteiger partial charge in [-0.15, -0.1) is 0 Å². The van der Waals surface area contributed by atoms with E-state index in [2.05, 4.69) is 69.4 Å². The lowest BCUT2D eigenvalue weighted by Gasteiger charge is -2.18. The van der Waals surface area contributed by atoms with E-state index in [9.17, 15) is 14.4 Å². The lowest BCUT2D eigenvalue weighted by Crippen LogP contribution is -2.30. The Morgan fingerprint density at radius 1 is 0.282 bits per heavy atom. The van der Waals surface area contributed by atoms with Crippen LogP contribution in [0.1, 0.15) is 329 Å². The van der Waals surface area contributed by atoms with E-state index in [0.717, 1.165) is 77.0 Å². The Hall–Kier alpha value is -2.63. The Kier molecular flexibility index (Phi) is 57.7. The first-order valence-electron chi connectivity index (χ1n) is 31.1. The monoisotopic (exact) mass is 995 g/mol. The highest BCUT2D eigenvalue weighted by Gasteiger charge is 2.19. The average molecular weight is 996 g/mol. The summed E-state index contributed by atoms with van der Waals surface area (Å²) in [6.45, 7) is 6.61. The van der Waals surface area contributed by atoms with Crippen molar-refractivity contribution in [2.75, 3.05) is 13.2 Å². The summed E-state index contributed by atoms with van der Waals surface area (Å²) in [6, 6.07) is 0. The van der Waals surface area contributed by atoms with E-state index in [0.29, 0.717) is 19.3 Å². The highest BCUT2D eigenvalue weighted by molar-refractivity contribution is 5.71. The third-order valence-corrected chi connectivity index (χ3v) is 13.8. The van der Waals surface area contributed by atoms with Gasteiger partial charge in [0.1, 0.15) is 13.2 Å². The van der Waals surface area contributed by atoms with Crippen molar-refractivity contribution in [1.29, 1.82) is 0 Å². The van der Waals surface area contributed by atoms with Gasteiger partial charge in [-0.25, -0.2) is 0 Å². The Labute approximate surface area is 441 Å². The highest BCUT2D eigenvalue weighted by atomic mass is 16.6. The van der Waals surface area contributed by atoms with Crippen LogP contribution in [0.3, 0.4) is 0 Å². The normalized spacial score (nSPS) is 12.3. The van der Waals surface area contributed by atoms with E-state index in [-0.39, 0.29) is 31.1 Å². The first-order valence-corrected chi connectivity index (χ1v) is 31.1. The predicted molar refractivity (Wildman–Crippen MR) is 307 cm³/mol. The number of hydrogen-bond acceptors (Lipinski definition) is 6. The number of unbranched alkanes of at least 4 members (excludes halogenated alkanes) is 38. The molecule has 1 atom stereocenters. The van der Waals surface area contributed by atoms with Gasteiger partial charge < -0.3 is 14.2 Å². The van der Waals surface area contributed by atoms with E-state index in [1.54, 1.807) is 0 Å². The molecule has 0 fully saturated rings. The van der Waals surface area contributed by atoms with Gasteiger partial charge in [-0.1, -0.05) is 262 Å². The number of rotatable bonds is 57. The minimum absolute atomic E-state index is 0.0766. The van der Waals surface area contributed by atoms with Crippen LogP contribution in [0.15, 0.2) is 48.6 Å². The second-order valence-corrected chi connectivity index (χ2v) is 21.0. The van der Waals surface area contributed by atoms with Crippen LogP contribution < -0.4 is 0 Å². The molecule has 6 heteroatoms. The maximum absolute atomic E-state index is 12.8. The molecule has 0 aromatic heterocycles. The van der Waals surface area contributed by atoms with Crippen molar-refractivity contribution in [3.05, 3.63) is 48.6 Å². The van der Waals surface area contributed by atoms with E-state index < -0.39 is 6.10 Å². The first-order chi connectivity index (χ1) is 35.0. The van der Waals surface area contributed by atoms with E-state index in [1.165, 1.54) is 212 Å². The molecule has 414 valence electrons. The quantitative estimate of drug-likeness (QED) is 0.0261. The molecule has 0 saturated carbocycles. The summed E-state index contributed by atoms with van der Waals surface area (Å²) in [5, 5.41) is 0. The van der Waals surface area contributed by atoms with Gasteiger partial charge in [0.25, 0.3) is 0 Å². The van der Waals surface area contributed by atoms with Gasteiger partial charge >= 0.3 is 17.9 Å². The third kappa shape index (κ3) is 58.1. The molecule has 6 nitrogen and oxygen atoms in total. The largest absolute Gasteiger partial charge is 0.462 e. The molecule has 0 saturated heterocycles. The summed E-state index contributed by atoms with van der Waals surface area (Å²) >= 11 is 0. The average Bonchev–Trinajstić information content (AvgIpc) is 3.37. The number of ether oxygens (including phenoxy) is 3. The molecule has 1 unspecified atom stereocenters. The maximum atomic E-state index is 12.8. The van der Waals surface area contributed by atoms with Gasteiger partial charge in [0.15, 0.2) is 6.10 Å². The summed E-state index contributed by atoms with van der Waals surface area (Å²) in [6.07, 6.45) is 74.1. The van der Waals surface area contributed by atoms with Crippen LogP contribution in [-0.4, -0.2) is 37.2 Å². The minimum atomic E-state index is -0.779. The molecule has 0 aromatic carbocycles. The lowest BCUT2D eigenvalue weighted by molar-refractivity contribution is -0.167. The van der Waals surface area contributed by atoms with Gasteiger partial charge in [0.2, 0.25) is 0 Å². The summed E-state index contributed by atoms with van der Waals surface area (Å²) in [5.74, 6) is -0.880. The molecule has 0 radical (unpaired) electrons. The number of carbonyl (C=O) groups excluding carboxylic acids is 3. The van der Waals surface area contributed by atoms with Crippen LogP contribution in [0.2, 0.25) is 0 Å². The van der Waals surface area contributed by atoms with Crippen LogP contribution in [0.5, 0.6) is 0 Å². The lowest BCUT2D eigenvalue weighted by atomic mass is 10.0. The molecule has 0 rings (SSSR count). The van der Waals surface area contributed by atoms with Gasteiger partial charge in [0, 0.05) is 19.3 Å². The second kappa shape index (κ2) is 59.9. The molecule has 0 aliphatic carbocycles. The van der Waals surface area contributed by atoms with Crippen LogP contribution in [-0.2, 0) is 28.6 Å². The number of allylic oxidation sites excluding steroid dienone is 8. The first kappa shape index (κ1) is 68.4. The summed E-state index contributed by atoms with van der Waals surface area (Å²) < 4.78 is 16.9. The van der Waals surface area contributed by atoms with Crippen molar-refractivity contribution in [2.24, 2.45) is 0 Å². The Morgan fingerprint density at radius 2 is 0.521 bits per heavy atom. The topological polar surface area (TPSA) is 78.9 Å². The zero-order chi connectivity index (χ0) is 51.4. The highest BCUT2D eigenvalue weighted by Crippen LogP contribution is 2.16.